The lowest BCUT2D eigenvalue weighted by Gasteiger charge is -2.26. The standard InChI is InChI=1S/C16H23BrN2O/c1-3-16(18,4-2)10-19-15(20)14-9-13(14)11-6-5-7-12(17)8-11/h5-8,13-14H,3-4,9-10,18H2,1-2H3,(H,19,20). The highest BCUT2D eigenvalue weighted by atomic mass is 79.9. The van der Waals surface area contributed by atoms with Crippen LogP contribution >= 0.6 is 15.9 Å². The molecule has 1 saturated carbocycles. The van der Waals surface area contributed by atoms with Crippen LogP contribution in [0.5, 0.6) is 0 Å². The number of nitrogens with two attached hydrogens (primary N) is 1. The normalized spacial score (nSPS) is 21.6. The van der Waals surface area contributed by atoms with E-state index in [1.165, 1.54) is 5.56 Å². The number of halogens is 1. The first-order valence-electron chi connectivity index (χ1n) is 7.31. The zero-order chi connectivity index (χ0) is 14.8. The minimum Gasteiger partial charge on any atom is -0.354 e. The van der Waals surface area contributed by atoms with Crippen LogP contribution in [-0.4, -0.2) is 18.0 Å². The summed E-state index contributed by atoms with van der Waals surface area (Å²) in [5.41, 5.74) is 7.18. The molecule has 1 aromatic rings. The third-order valence-electron chi connectivity index (χ3n) is 4.43. The molecule has 1 amide bonds. The van der Waals surface area contributed by atoms with Crippen LogP contribution in [0.2, 0.25) is 0 Å². The Morgan fingerprint density at radius 1 is 1.45 bits per heavy atom. The number of hydrogen-bond donors (Lipinski definition) is 2. The highest BCUT2D eigenvalue weighted by Gasteiger charge is 2.44. The first-order valence-corrected chi connectivity index (χ1v) is 8.10. The molecular formula is C16H23BrN2O. The van der Waals surface area contributed by atoms with Crippen molar-refractivity contribution in [1.82, 2.24) is 5.32 Å². The Hall–Kier alpha value is -0.870. The molecule has 1 aliphatic rings. The van der Waals surface area contributed by atoms with E-state index in [1.54, 1.807) is 0 Å². The molecule has 0 saturated heterocycles. The summed E-state index contributed by atoms with van der Waals surface area (Å²) < 4.78 is 1.07. The van der Waals surface area contributed by atoms with Crippen LogP contribution in [0.25, 0.3) is 0 Å². The molecule has 2 unspecified atom stereocenters. The number of nitrogens with one attached hydrogen (secondary N) is 1. The van der Waals surface area contributed by atoms with E-state index in [1.807, 2.05) is 12.1 Å². The minimum absolute atomic E-state index is 0.113. The van der Waals surface area contributed by atoms with Crippen LogP contribution in [0.4, 0.5) is 0 Å². The van der Waals surface area contributed by atoms with Gasteiger partial charge in [0.05, 0.1) is 0 Å². The van der Waals surface area contributed by atoms with Gasteiger partial charge in [-0.3, -0.25) is 4.79 Å². The molecular weight excluding hydrogens is 316 g/mol. The Balaban J connectivity index is 1.87. The summed E-state index contributed by atoms with van der Waals surface area (Å²) in [4.78, 5) is 12.2. The summed E-state index contributed by atoms with van der Waals surface area (Å²) in [6, 6.07) is 8.22. The van der Waals surface area contributed by atoms with E-state index in [0.29, 0.717) is 12.5 Å². The number of carbonyl (C=O) groups is 1. The van der Waals surface area contributed by atoms with Gasteiger partial charge in [-0.05, 0) is 42.9 Å². The van der Waals surface area contributed by atoms with Gasteiger partial charge in [-0.15, -0.1) is 0 Å². The lowest BCUT2D eigenvalue weighted by atomic mass is 9.94. The second kappa shape index (κ2) is 6.27. The minimum atomic E-state index is -0.268. The largest absolute Gasteiger partial charge is 0.354 e. The maximum atomic E-state index is 12.2. The molecule has 1 aromatic carbocycles. The van der Waals surface area contributed by atoms with Crippen LogP contribution in [0.1, 0.15) is 44.6 Å². The molecule has 0 spiro atoms. The van der Waals surface area contributed by atoms with Crippen molar-refractivity contribution in [2.75, 3.05) is 6.54 Å². The molecule has 2 atom stereocenters. The average molecular weight is 339 g/mol. The summed E-state index contributed by atoms with van der Waals surface area (Å²) in [6.07, 6.45) is 2.70. The van der Waals surface area contributed by atoms with Gasteiger partial charge in [0.2, 0.25) is 5.91 Å². The van der Waals surface area contributed by atoms with Crippen molar-refractivity contribution < 1.29 is 4.79 Å². The Morgan fingerprint density at radius 3 is 2.75 bits per heavy atom. The number of amides is 1. The van der Waals surface area contributed by atoms with Crippen molar-refractivity contribution in [3.63, 3.8) is 0 Å². The van der Waals surface area contributed by atoms with Gasteiger partial charge in [0.1, 0.15) is 0 Å². The van der Waals surface area contributed by atoms with Crippen molar-refractivity contribution in [2.24, 2.45) is 11.7 Å². The number of rotatable bonds is 6. The van der Waals surface area contributed by atoms with Gasteiger partial charge >= 0.3 is 0 Å². The Bertz CT molecular complexity index is 485. The lowest BCUT2D eigenvalue weighted by molar-refractivity contribution is -0.122. The molecule has 1 fully saturated rings. The SMILES string of the molecule is CCC(N)(CC)CNC(=O)C1CC1c1cccc(Br)c1. The summed E-state index contributed by atoms with van der Waals surface area (Å²) in [7, 11) is 0. The van der Waals surface area contributed by atoms with E-state index in [4.69, 9.17) is 5.73 Å². The van der Waals surface area contributed by atoms with Gasteiger partial charge in [0.15, 0.2) is 0 Å². The summed E-state index contributed by atoms with van der Waals surface area (Å²) in [6.45, 7) is 4.70. The molecule has 0 aromatic heterocycles. The zero-order valence-electron chi connectivity index (χ0n) is 12.2. The van der Waals surface area contributed by atoms with Crippen molar-refractivity contribution in [1.29, 1.82) is 0 Å². The fraction of sp³-hybridized carbons (Fsp3) is 0.562. The molecule has 0 heterocycles. The summed E-state index contributed by atoms with van der Waals surface area (Å²) in [5.74, 6) is 0.622. The van der Waals surface area contributed by atoms with Crippen LogP contribution in [0, 0.1) is 5.92 Å². The van der Waals surface area contributed by atoms with Crippen LogP contribution in [0.15, 0.2) is 28.7 Å². The average Bonchev–Trinajstić information content (AvgIpc) is 3.25. The number of hydrogen-bond acceptors (Lipinski definition) is 2. The maximum Gasteiger partial charge on any atom is 0.223 e. The van der Waals surface area contributed by atoms with Gasteiger partial charge in [-0.1, -0.05) is 41.9 Å². The Labute approximate surface area is 129 Å². The van der Waals surface area contributed by atoms with E-state index in [9.17, 15) is 4.79 Å². The molecule has 2 rings (SSSR count). The van der Waals surface area contributed by atoms with Crippen molar-refractivity contribution in [3.8, 4) is 0 Å². The topological polar surface area (TPSA) is 55.1 Å². The fourth-order valence-electron chi connectivity index (χ4n) is 2.48. The van der Waals surface area contributed by atoms with E-state index < -0.39 is 0 Å². The molecule has 3 nitrogen and oxygen atoms in total. The van der Waals surface area contributed by atoms with Crippen molar-refractivity contribution in [2.45, 2.75) is 44.6 Å². The van der Waals surface area contributed by atoms with Gasteiger partial charge in [-0.25, -0.2) is 0 Å². The monoisotopic (exact) mass is 338 g/mol. The molecule has 3 N–H and O–H groups in total. The van der Waals surface area contributed by atoms with E-state index >= 15 is 0 Å². The molecule has 4 heteroatoms. The Kier molecular flexibility index (Phi) is 4.86. The van der Waals surface area contributed by atoms with Gasteiger partial charge < -0.3 is 11.1 Å². The maximum absolute atomic E-state index is 12.2. The first kappa shape index (κ1) is 15.5. The molecule has 20 heavy (non-hydrogen) atoms. The van der Waals surface area contributed by atoms with Crippen LogP contribution in [-0.2, 0) is 4.79 Å². The molecule has 0 bridgehead atoms. The second-order valence-electron chi connectivity index (χ2n) is 5.79. The predicted molar refractivity (Wildman–Crippen MR) is 85.5 cm³/mol. The molecule has 110 valence electrons. The van der Waals surface area contributed by atoms with E-state index in [-0.39, 0.29) is 17.4 Å². The third-order valence-corrected chi connectivity index (χ3v) is 4.92. The number of carbonyl (C=O) groups excluding carboxylic acids is 1. The molecule has 0 aliphatic heterocycles. The van der Waals surface area contributed by atoms with Gasteiger partial charge in [0.25, 0.3) is 0 Å². The fourth-order valence-corrected chi connectivity index (χ4v) is 2.90. The quantitative estimate of drug-likeness (QED) is 0.836. The van der Waals surface area contributed by atoms with Gasteiger partial charge in [0, 0.05) is 22.5 Å². The third kappa shape index (κ3) is 3.61. The van der Waals surface area contributed by atoms with Crippen LogP contribution in [0.3, 0.4) is 0 Å². The molecule has 0 radical (unpaired) electrons. The summed E-state index contributed by atoms with van der Waals surface area (Å²) >= 11 is 3.47. The number of benzene rings is 1. The first-order chi connectivity index (χ1) is 9.49. The Morgan fingerprint density at radius 2 is 2.15 bits per heavy atom. The summed E-state index contributed by atoms with van der Waals surface area (Å²) in [5, 5.41) is 3.03. The smallest absolute Gasteiger partial charge is 0.223 e. The van der Waals surface area contributed by atoms with Crippen molar-refractivity contribution in [3.05, 3.63) is 34.3 Å². The van der Waals surface area contributed by atoms with E-state index in [0.717, 1.165) is 23.7 Å². The second-order valence-corrected chi connectivity index (χ2v) is 6.71. The van der Waals surface area contributed by atoms with Crippen molar-refractivity contribution >= 4 is 21.8 Å². The van der Waals surface area contributed by atoms with E-state index in [2.05, 4.69) is 47.2 Å². The predicted octanol–water partition coefficient (Wildman–Crippen LogP) is 3.19. The molecule has 1 aliphatic carbocycles. The highest BCUT2D eigenvalue weighted by Crippen LogP contribution is 2.47. The zero-order valence-corrected chi connectivity index (χ0v) is 13.7. The highest BCUT2D eigenvalue weighted by molar-refractivity contribution is 9.10. The van der Waals surface area contributed by atoms with Gasteiger partial charge in [-0.2, -0.15) is 0 Å². The lowest BCUT2D eigenvalue weighted by Crippen LogP contribution is -2.49. The van der Waals surface area contributed by atoms with Crippen LogP contribution < -0.4 is 11.1 Å².